The second kappa shape index (κ2) is 9.37. The molecule has 1 rings (SSSR count). The summed E-state index contributed by atoms with van der Waals surface area (Å²) in [5.41, 5.74) is 0. The van der Waals surface area contributed by atoms with Crippen LogP contribution < -0.4 is 9.46 Å². The van der Waals surface area contributed by atoms with E-state index in [2.05, 4.69) is 30.7 Å². The van der Waals surface area contributed by atoms with Gasteiger partial charge in [-0.15, -0.1) is 0 Å². The Morgan fingerprint density at radius 2 is 1.82 bits per heavy atom. The SMILES string of the molecule is CCCCCOc1ccc(SNCCC)cc1. The van der Waals surface area contributed by atoms with Gasteiger partial charge in [0.15, 0.2) is 0 Å². The Bertz CT molecular complexity index is 287. The van der Waals surface area contributed by atoms with Gasteiger partial charge in [-0.25, -0.2) is 0 Å². The molecule has 0 spiro atoms. The Morgan fingerprint density at radius 3 is 2.47 bits per heavy atom. The summed E-state index contributed by atoms with van der Waals surface area (Å²) in [7, 11) is 0. The molecule has 3 heteroatoms. The molecule has 1 aromatic rings. The molecule has 0 fully saturated rings. The summed E-state index contributed by atoms with van der Waals surface area (Å²) in [5.74, 6) is 0.973. The number of benzene rings is 1. The summed E-state index contributed by atoms with van der Waals surface area (Å²) >= 11 is 1.68. The van der Waals surface area contributed by atoms with Crippen LogP contribution in [-0.4, -0.2) is 13.2 Å². The Balaban J connectivity index is 2.24. The molecule has 0 saturated heterocycles. The first-order chi connectivity index (χ1) is 8.36. The average Bonchev–Trinajstić information content (AvgIpc) is 2.37. The van der Waals surface area contributed by atoms with E-state index in [1.54, 1.807) is 11.9 Å². The lowest BCUT2D eigenvalue weighted by molar-refractivity contribution is 0.306. The molecule has 0 aliphatic rings. The Kier molecular flexibility index (Phi) is 7.93. The lowest BCUT2D eigenvalue weighted by Gasteiger charge is -2.07. The zero-order valence-corrected chi connectivity index (χ0v) is 11.7. The van der Waals surface area contributed by atoms with Gasteiger partial charge in [0.2, 0.25) is 0 Å². The van der Waals surface area contributed by atoms with E-state index in [0.29, 0.717) is 0 Å². The molecule has 0 unspecified atom stereocenters. The highest BCUT2D eigenvalue weighted by molar-refractivity contribution is 7.97. The third-order valence-electron chi connectivity index (χ3n) is 2.38. The van der Waals surface area contributed by atoms with E-state index in [0.717, 1.165) is 31.7 Å². The minimum absolute atomic E-state index is 0.828. The van der Waals surface area contributed by atoms with Gasteiger partial charge in [0, 0.05) is 11.4 Å². The molecule has 1 N–H and O–H groups in total. The van der Waals surface area contributed by atoms with Crippen molar-refractivity contribution >= 4 is 11.9 Å². The lowest BCUT2D eigenvalue weighted by Crippen LogP contribution is -2.03. The van der Waals surface area contributed by atoms with Crippen LogP contribution >= 0.6 is 11.9 Å². The van der Waals surface area contributed by atoms with E-state index in [9.17, 15) is 0 Å². The zero-order chi connectivity index (χ0) is 12.3. The van der Waals surface area contributed by atoms with Crippen molar-refractivity contribution in [2.24, 2.45) is 0 Å². The lowest BCUT2D eigenvalue weighted by atomic mass is 10.3. The van der Waals surface area contributed by atoms with Crippen molar-refractivity contribution in [1.29, 1.82) is 0 Å². The first-order valence-electron chi connectivity index (χ1n) is 6.49. The van der Waals surface area contributed by atoms with Crippen LogP contribution in [0, 0.1) is 0 Å². The smallest absolute Gasteiger partial charge is 0.119 e. The molecule has 96 valence electrons. The van der Waals surface area contributed by atoms with E-state index < -0.39 is 0 Å². The number of hydrogen-bond acceptors (Lipinski definition) is 3. The maximum atomic E-state index is 5.66. The van der Waals surface area contributed by atoms with Crippen molar-refractivity contribution < 1.29 is 4.74 Å². The van der Waals surface area contributed by atoms with E-state index >= 15 is 0 Å². The average molecular weight is 253 g/mol. The molecule has 0 bridgehead atoms. The van der Waals surface area contributed by atoms with Crippen LogP contribution in [-0.2, 0) is 0 Å². The predicted molar refractivity (Wildman–Crippen MR) is 75.6 cm³/mol. The highest BCUT2D eigenvalue weighted by Gasteiger charge is 1.96. The third kappa shape index (κ3) is 6.59. The molecule has 0 aliphatic heterocycles. The van der Waals surface area contributed by atoms with Crippen molar-refractivity contribution in [3.8, 4) is 5.75 Å². The van der Waals surface area contributed by atoms with Crippen molar-refractivity contribution in [3.05, 3.63) is 24.3 Å². The number of ether oxygens (including phenoxy) is 1. The van der Waals surface area contributed by atoms with Crippen LogP contribution in [0.15, 0.2) is 29.2 Å². The highest BCUT2D eigenvalue weighted by Crippen LogP contribution is 2.19. The standard InChI is InChI=1S/C14H23NOS/c1-3-5-6-12-16-13-7-9-14(10-8-13)17-15-11-4-2/h7-10,15H,3-6,11-12H2,1-2H3. The molecular weight excluding hydrogens is 230 g/mol. The Hall–Kier alpha value is -0.670. The van der Waals surface area contributed by atoms with Crippen molar-refractivity contribution in [2.75, 3.05) is 13.2 Å². The molecule has 0 radical (unpaired) electrons. The van der Waals surface area contributed by atoms with E-state index in [-0.39, 0.29) is 0 Å². The minimum atomic E-state index is 0.828. The molecule has 0 saturated carbocycles. The fourth-order valence-electron chi connectivity index (χ4n) is 1.38. The highest BCUT2D eigenvalue weighted by atomic mass is 32.2. The molecule has 0 amide bonds. The monoisotopic (exact) mass is 253 g/mol. The first-order valence-corrected chi connectivity index (χ1v) is 7.31. The Morgan fingerprint density at radius 1 is 1.06 bits per heavy atom. The number of nitrogens with one attached hydrogen (secondary N) is 1. The van der Waals surface area contributed by atoms with Gasteiger partial charge in [0.25, 0.3) is 0 Å². The maximum Gasteiger partial charge on any atom is 0.119 e. The quantitative estimate of drug-likeness (QED) is 0.525. The second-order valence-electron chi connectivity index (χ2n) is 4.02. The van der Waals surface area contributed by atoms with Gasteiger partial charge < -0.3 is 4.74 Å². The fraction of sp³-hybridized carbons (Fsp3) is 0.571. The van der Waals surface area contributed by atoms with Gasteiger partial charge in [-0.3, -0.25) is 4.72 Å². The van der Waals surface area contributed by atoms with Crippen molar-refractivity contribution in [1.82, 2.24) is 4.72 Å². The van der Waals surface area contributed by atoms with Crippen LogP contribution in [0.3, 0.4) is 0 Å². The number of hydrogen-bond donors (Lipinski definition) is 1. The Labute approximate surface area is 109 Å². The zero-order valence-electron chi connectivity index (χ0n) is 10.9. The van der Waals surface area contributed by atoms with Gasteiger partial charge in [-0.05, 0) is 49.1 Å². The molecule has 0 aliphatic carbocycles. The molecule has 2 nitrogen and oxygen atoms in total. The van der Waals surface area contributed by atoms with Crippen molar-refractivity contribution in [3.63, 3.8) is 0 Å². The topological polar surface area (TPSA) is 21.3 Å². The summed E-state index contributed by atoms with van der Waals surface area (Å²) in [5, 5.41) is 0. The van der Waals surface area contributed by atoms with Gasteiger partial charge in [0.1, 0.15) is 5.75 Å². The molecule has 17 heavy (non-hydrogen) atoms. The molecule has 1 aromatic carbocycles. The maximum absolute atomic E-state index is 5.66. The van der Waals surface area contributed by atoms with Gasteiger partial charge in [-0.2, -0.15) is 0 Å². The van der Waals surface area contributed by atoms with Crippen LogP contribution in [0.5, 0.6) is 5.75 Å². The van der Waals surface area contributed by atoms with E-state index in [1.807, 2.05) is 12.1 Å². The van der Waals surface area contributed by atoms with E-state index in [1.165, 1.54) is 17.7 Å². The van der Waals surface area contributed by atoms with E-state index in [4.69, 9.17) is 4.74 Å². The summed E-state index contributed by atoms with van der Waals surface area (Å²) in [4.78, 5) is 1.24. The van der Waals surface area contributed by atoms with Crippen LogP contribution in [0.1, 0.15) is 39.5 Å². The van der Waals surface area contributed by atoms with Gasteiger partial charge in [-0.1, -0.05) is 26.7 Å². The van der Waals surface area contributed by atoms with Crippen LogP contribution in [0.25, 0.3) is 0 Å². The predicted octanol–water partition coefficient (Wildman–Crippen LogP) is 4.26. The molecule has 0 heterocycles. The summed E-state index contributed by atoms with van der Waals surface area (Å²) in [6.45, 7) is 6.24. The number of rotatable bonds is 9. The summed E-state index contributed by atoms with van der Waals surface area (Å²) in [6, 6.07) is 8.29. The second-order valence-corrected chi connectivity index (χ2v) is 4.99. The summed E-state index contributed by atoms with van der Waals surface area (Å²) in [6.07, 6.45) is 4.79. The third-order valence-corrected chi connectivity index (χ3v) is 3.24. The minimum Gasteiger partial charge on any atom is -0.494 e. The number of unbranched alkanes of at least 4 members (excludes halogenated alkanes) is 2. The van der Waals surface area contributed by atoms with Crippen LogP contribution in [0.2, 0.25) is 0 Å². The summed E-state index contributed by atoms with van der Waals surface area (Å²) < 4.78 is 8.97. The molecule has 0 aromatic heterocycles. The van der Waals surface area contributed by atoms with Gasteiger partial charge >= 0.3 is 0 Å². The fourth-order valence-corrected chi connectivity index (χ4v) is 2.13. The molecular formula is C14H23NOS. The normalized spacial score (nSPS) is 10.5. The largest absolute Gasteiger partial charge is 0.494 e. The van der Waals surface area contributed by atoms with Crippen LogP contribution in [0.4, 0.5) is 0 Å². The van der Waals surface area contributed by atoms with Gasteiger partial charge in [0.05, 0.1) is 6.61 Å². The molecule has 0 atom stereocenters. The van der Waals surface area contributed by atoms with Crippen molar-refractivity contribution in [2.45, 2.75) is 44.4 Å². The first kappa shape index (κ1) is 14.4.